The highest BCUT2D eigenvalue weighted by molar-refractivity contribution is 7.09. The summed E-state index contributed by atoms with van der Waals surface area (Å²) in [6, 6.07) is 8.87. The Morgan fingerprint density at radius 3 is 2.71 bits per heavy atom. The van der Waals surface area contributed by atoms with Crippen molar-refractivity contribution in [2.24, 2.45) is 0 Å². The van der Waals surface area contributed by atoms with Gasteiger partial charge < -0.3 is 5.32 Å². The number of nitrogens with one attached hydrogen (secondary N) is 1. The van der Waals surface area contributed by atoms with Crippen LogP contribution < -0.4 is 5.32 Å². The van der Waals surface area contributed by atoms with Crippen molar-refractivity contribution in [3.8, 4) is 0 Å². The molecule has 0 aliphatic heterocycles. The van der Waals surface area contributed by atoms with Gasteiger partial charge in [0.1, 0.15) is 5.01 Å². The second-order valence-electron chi connectivity index (χ2n) is 4.34. The van der Waals surface area contributed by atoms with Gasteiger partial charge in [-0.05, 0) is 31.9 Å². The van der Waals surface area contributed by atoms with E-state index in [1.807, 2.05) is 6.92 Å². The van der Waals surface area contributed by atoms with Crippen LogP contribution in [0.2, 0.25) is 0 Å². The van der Waals surface area contributed by atoms with Gasteiger partial charge in [-0.2, -0.15) is 0 Å². The maximum absolute atomic E-state index is 4.45. The van der Waals surface area contributed by atoms with Gasteiger partial charge in [-0.15, -0.1) is 11.3 Å². The summed E-state index contributed by atoms with van der Waals surface area (Å²) in [6.07, 6.45) is 0. The predicted octanol–water partition coefficient (Wildman–Crippen LogP) is 3.61. The van der Waals surface area contributed by atoms with Crippen molar-refractivity contribution in [2.45, 2.75) is 33.4 Å². The van der Waals surface area contributed by atoms with E-state index in [9.17, 15) is 0 Å². The average Bonchev–Trinajstić information content (AvgIpc) is 2.73. The fourth-order valence-corrected chi connectivity index (χ4v) is 2.63. The molecule has 0 aliphatic carbocycles. The number of hydrogen-bond acceptors (Lipinski definition) is 3. The molecule has 1 atom stereocenters. The maximum atomic E-state index is 4.45. The lowest BCUT2D eigenvalue weighted by Crippen LogP contribution is -2.18. The third kappa shape index (κ3) is 3.14. The molecule has 0 aliphatic rings. The number of aryl methyl sites for hydroxylation is 2. The molecular formula is C14H18N2S. The highest BCUT2D eigenvalue weighted by Gasteiger charge is 2.07. The van der Waals surface area contributed by atoms with E-state index in [4.69, 9.17) is 0 Å². The molecule has 17 heavy (non-hydrogen) atoms. The molecule has 1 N–H and O–H groups in total. The fraction of sp³-hybridized carbons (Fsp3) is 0.357. The van der Waals surface area contributed by atoms with Gasteiger partial charge in [-0.25, -0.2) is 4.98 Å². The standard InChI is InChI=1S/C14H18N2S/c1-10-6-4-5-7-13(10)12(3)15-8-14-16-11(2)9-17-14/h4-7,9,12,15H,8H2,1-3H3. The average molecular weight is 246 g/mol. The summed E-state index contributed by atoms with van der Waals surface area (Å²) >= 11 is 1.72. The van der Waals surface area contributed by atoms with Gasteiger partial charge in [0.25, 0.3) is 0 Å². The van der Waals surface area contributed by atoms with Gasteiger partial charge in [-0.3, -0.25) is 0 Å². The van der Waals surface area contributed by atoms with E-state index in [1.165, 1.54) is 11.1 Å². The number of thiazole rings is 1. The zero-order chi connectivity index (χ0) is 12.3. The van der Waals surface area contributed by atoms with Crippen molar-refractivity contribution in [1.82, 2.24) is 10.3 Å². The lowest BCUT2D eigenvalue weighted by atomic mass is 10.0. The van der Waals surface area contributed by atoms with E-state index in [0.717, 1.165) is 17.2 Å². The van der Waals surface area contributed by atoms with E-state index in [2.05, 4.69) is 53.8 Å². The number of nitrogens with zero attached hydrogens (tertiary/aromatic N) is 1. The molecule has 1 heterocycles. The summed E-state index contributed by atoms with van der Waals surface area (Å²) in [5.74, 6) is 0. The van der Waals surface area contributed by atoms with Gasteiger partial charge in [0.15, 0.2) is 0 Å². The Morgan fingerprint density at radius 1 is 1.29 bits per heavy atom. The van der Waals surface area contributed by atoms with Crippen LogP contribution in [0, 0.1) is 13.8 Å². The zero-order valence-corrected chi connectivity index (χ0v) is 11.3. The molecule has 90 valence electrons. The first-order valence-corrected chi connectivity index (χ1v) is 6.74. The Labute approximate surface area is 107 Å². The lowest BCUT2D eigenvalue weighted by Gasteiger charge is -2.15. The molecule has 1 aromatic heterocycles. The molecular weight excluding hydrogens is 228 g/mol. The summed E-state index contributed by atoms with van der Waals surface area (Å²) in [6.45, 7) is 7.22. The van der Waals surface area contributed by atoms with Crippen LogP contribution in [-0.2, 0) is 6.54 Å². The second kappa shape index (κ2) is 5.43. The highest BCUT2D eigenvalue weighted by Crippen LogP contribution is 2.17. The molecule has 0 fully saturated rings. The van der Waals surface area contributed by atoms with Crippen LogP contribution in [0.15, 0.2) is 29.6 Å². The first-order valence-electron chi connectivity index (χ1n) is 5.86. The van der Waals surface area contributed by atoms with Gasteiger partial charge >= 0.3 is 0 Å². The normalized spacial score (nSPS) is 12.6. The lowest BCUT2D eigenvalue weighted by molar-refractivity contribution is 0.570. The Balaban J connectivity index is 1.98. The van der Waals surface area contributed by atoms with Crippen molar-refractivity contribution in [3.63, 3.8) is 0 Å². The monoisotopic (exact) mass is 246 g/mol. The van der Waals surface area contributed by atoms with Crippen LogP contribution in [-0.4, -0.2) is 4.98 Å². The smallest absolute Gasteiger partial charge is 0.107 e. The summed E-state index contributed by atoms with van der Waals surface area (Å²) < 4.78 is 0. The fourth-order valence-electron chi connectivity index (χ4n) is 1.91. The number of aromatic nitrogens is 1. The molecule has 0 amide bonds. The molecule has 0 spiro atoms. The topological polar surface area (TPSA) is 24.9 Å². The van der Waals surface area contributed by atoms with Crippen LogP contribution in [0.3, 0.4) is 0 Å². The minimum atomic E-state index is 0.361. The molecule has 1 unspecified atom stereocenters. The zero-order valence-electron chi connectivity index (χ0n) is 10.5. The molecule has 0 bridgehead atoms. The molecule has 1 aromatic carbocycles. The summed E-state index contributed by atoms with van der Waals surface area (Å²) in [5, 5.41) is 6.77. The van der Waals surface area contributed by atoms with Crippen molar-refractivity contribution in [1.29, 1.82) is 0 Å². The van der Waals surface area contributed by atoms with Crippen molar-refractivity contribution in [3.05, 3.63) is 51.5 Å². The van der Waals surface area contributed by atoms with E-state index in [1.54, 1.807) is 11.3 Å². The second-order valence-corrected chi connectivity index (χ2v) is 5.28. The Hall–Kier alpha value is -1.19. The van der Waals surface area contributed by atoms with Crippen LogP contribution in [0.25, 0.3) is 0 Å². The van der Waals surface area contributed by atoms with Gasteiger partial charge in [0, 0.05) is 23.7 Å². The van der Waals surface area contributed by atoms with Crippen LogP contribution in [0.5, 0.6) is 0 Å². The first kappa shape index (κ1) is 12.3. The van der Waals surface area contributed by atoms with E-state index >= 15 is 0 Å². The van der Waals surface area contributed by atoms with Gasteiger partial charge in [0.05, 0.1) is 0 Å². The Kier molecular flexibility index (Phi) is 3.92. The minimum Gasteiger partial charge on any atom is -0.304 e. The summed E-state index contributed by atoms with van der Waals surface area (Å²) in [4.78, 5) is 4.45. The quantitative estimate of drug-likeness (QED) is 0.891. The van der Waals surface area contributed by atoms with Crippen molar-refractivity contribution < 1.29 is 0 Å². The molecule has 2 aromatic rings. The first-order chi connectivity index (χ1) is 8.16. The number of rotatable bonds is 4. The predicted molar refractivity (Wildman–Crippen MR) is 73.3 cm³/mol. The molecule has 2 rings (SSSR count). The van der Waals surface area contributed by atoms with Crippen molar-refractivity contribution >= 4 is 11.3 Å². The summed E-state index contributed by atoms with van der Waals surface area (Å²) in [5.41, 5.74) is 3.80. The van der Waals surface area contributed by atoms with Gasteiger partial charge in [-0.1, -0.05) is 24.3 Å². The van der Waals surface area contributed by atoms with Crippen molar-refractivity contribution in [2.75, 3.05) is 0 Å². The van der Waals surface area contributed by atoms with Gasteiger partial charge in [0.2, 0.25) is 0 Å². The number of benzene rings is 1. The SMILES string of the molecule is Cc1csc(CNC(C)c2ccccc2C)n1. The third-order valence-corrected chi connectivity index (χ3v) is 3.85. The van der Waals surface area contributed by atoms with Crippen LogP contribution in [0.1, 0.15) is 34.8 Å². The summed E-state index contributed by atoms with van der Waals surface area (Å²) in [7, 11) is 0. The van der Waals surface area contributed by atoms with Crippen LogP contribution >= 0.6 is 11.3 Å². The van der Waals surface area contributed by atoms with E-state index in [-0.39, 0.29) is 0 Å². The molecule has 0 radical (unpaired) electrons. The minimum absolute atomic E-state index is 0.361. The molecule has 0 saturated heterocycles. The Morgan fingerprint density at radius 2 is 2.06 bits per heavy atom. The van der Waals surface area contributed by atoms with E-state index < -0.39 is 0 Å². The molecule has 3 heteroatoms. The Bertz CT molecular complexity index is 490. The van der Waals surface area contributed by atoms with E-state index in [0.29, 0.717) is 6.04 Å². The maximum Gasteiger partial charge on any atom is 0.107 e. The third-order valence-electron chi connectivity index (χ3n) is 2.88. The van der Waals surface area contributed by atoms with Crippen LogP contribution in [0.4, 0.5) is 0 Å². The molecule has 0 saturated carbocycles. The molecule has 2 nitrogen and oxygen atoms in total. The number of hydrogen-bond donors (Lipinski definition) is 1. The largest absolute Gasteiger partial charge is 0.304 e. The highest BCUT2D eigenvalue weighted by atomic mass is 32.1.